The molecule has 0 aliphatic rings. The lowest BCUT2D eigenvalue weighted by atomic mass is 10.4. The molecular weight excluding hydrogens is 315 g/mol. The minimum absolute atomic E-state index is 0.00304. The predicted molar refractivity (Wildman–Crippen MR) is 77.7 cm³/mol. The molecule has 0 bridgehead atoms. The zero-order chi connectivity index (χ0) is 15.1. The van der Waals surface area contributed by atoms with Crippen LogP contribution in [0, 0.1) is 5.82 Å². The van der Waals surface area contributed by atoms with E-state index in [4.69, 9.17) is 0 Å². The van der Waals surface area contributed by atoms with E-state index in [2.05, 4.69) is 20.3 Å². The standard InChI is InChI=1S/C12H13FN4O2S2/c1-19-11(18)8-17-12(14-15-16-17)21-7-6-20-10-4-2-9(13)3-5-10/h2-5H,6-8H2,1H3. The molecule has 112 valence electrons. The highest BCUT2D eigenvalue weighted by Crippen LogP contribution is 2.21. The largest absolute Gasteiger partial charge is 0.468 e. The number of benzene rings is 1. The third-order valence-electron chi connectivity index (χ3n) is 2.40. The van der Waals surface area contributed by atoms with Gasteiger partial charge in [0.25, 0.3) is 0 Å². The van der Waals surface area contributed by atoms with Crippen molar-refractivity contribution in [3.63, 3.8) is 0 Å². The molecule has 0 N–H and O–H groups in total. The maximum Gasteiger partial charge on any atom is 0.327 e. The van der Waals surface area contributed by atoms with Crippen molar-refractivity contribution < 1.29 is 13.9 Å². The van der Waals surface area contributed by atoms with Crippen LogP contribution >= 0.6 is 23.5 Å². The van der Waals surface area contributed by atoms with Gasteiger partial charge in [-0.05, 0) is 34.7 Å². The van der Waals surface area contributed by atoms with Crippen molar-refractivity contribution in [3.05, 3.63) is 30.1 Å². The summed E-state index contributed by atoms with van der Waals surface area (Å²) in [5.74, 6) is 0.950. The van der Waals surface area contributed by atoms with Crippen molar-refractivity contribution in [2.45, 2.75) is 16.6 Å². The summed E-state index contributed by atoms with van der Waals surface area (Å²) in [5, 5.41) is 11.7. The number of nitrogens with zero attached hydrogens (tertiary/aromatic N) is 4. The lowest BCUT2D eigenvalue weighted by Gasteiger charge is -2.03. The second-order valence-electron chi connectivity index (χ2n) is 3.85. The molecule has 21 heavy (non-hydrogen) atoms. The molecular formula is C12H13FN4O2S2. The van der Waals surface area contributed by atoms with Crippen molar-refractivity contribution in [1.82, 2.24) is 20.2 Å². The molecule has 0 aliphatic heterocycles. The predicted octanol–water partition coefficient (Wildman–Crippen LogP) is 1.87. The van der Waals surface area contributed by atoms with Crippen LogP contribution in [0.25, 0.3) is 0 Å². The normalized spacial score (nSPS) is 10.6. The van der Waals surface area contributed by atoms with Crippen LogP contribution < -0.4 is 0 Å². The van der Waals surface area contributed by atoms with Crippen LogP contribution in [0.1, 0.15) is 0 Å². The fourth-order valence-electron chi connectivity index (χ4n) is 1.41. The molecule has 0 aliphatic carbocycles. The van der Waals surface area contributed by atoms with Crippen LogP contribution in [0.3, 0.4) is 0 Å². The van der Waals surface area contributed by atoms with Crippen LogP contribution in [0.4, 0.5) is 4.39 Å². The number of carbonyl (C=O) groups excluding carboxylic acids is 1. The molecule has 1 aromatic carbocycles. The number of hydrogen-bond acceptors (Lipinski definition) is 7. The van der Waals surface area contributed by atoms with Crippen molar-refractivity contribution in [2.24, 2.45) is 0 Å². The topological polar surface area (TPSA) is 69.9 Å². The quantitative estimate of drug-likeness (QED) is 0.436. The fourth-order valence-corrected chi connectivity index (χ4v) is 3.17. The van der Waals surface area contributed by atoms with Crippen LogP contribution in [-0.4, -0.2) is 44.8 Å². The molecule has 1 aromatic heterocycles. The number of thioether (sulfide) groups is 2. The van der Waals surface area contributed by atoms with E-state index in [1.807, 2.05) is 0 Å². The third-order valence-corrected chi connectivity index (χ3v) is 4.63. The van der Waals surface area contributed by atoms with Gasteiger partial charge in [-0.15, -0.1) is 16.9 Å². The van der Waals surface area contributed by atoms with Gasteiger partial charge in [-0.1, -0.05) is 11.8 Å². The Balaban J connectivity index is 1.77. The smallest absolute Gasteiger partial charge is 0.327 e. The molecule has 9 heteroatoms. The summed E-state index contributed by atoms with van der Waals surface area (Å²) in [7, 11) is 1.32. The second-order valence-corrected chi connectivity index (χ2v) is 6.08. The zero-order valence-electron chi connectivity index (χ0n) is 11.2. The van der Waals surface area contributed by atoms with Crippen molar-refractivity contribution in [3.8, 4) is 0 Å². The summed E-state index contributed by atoms with van der Waals surface area (Å²) < 4.78 is 18.7. The molecule has 0 amide bonds. The summed E-state index contributed by atoms with van der Waals surface area (Å²) in [4.78, 5) is 12.2. The van der Waals surface area contributed by atoms with E-state index in [1.54, 1.807) is 23.9 Å². The number of halogens is 1. The fraction of sp³-hybridized carbons (Fsp3) is 0.333. The minimum Gasteiger partial charge on any atom is -0.468 e. The SMILES string of the molecule is COC(=O)Cn1nnnc1SCCSc1ccc(F)cc1. The Labute approximate surface area is 129 Å². The van der Waals surface area contributed by atoms with Crippen molar-refractivity contribution in [2.75, 3.05) is 18.6 Å². The van der Waals surface area contributed by atoms with E-state index >= 15 is 0 Å². The maximum atomic E-state index is 12.8. The van der Waals surface area contributed by atoms with E-state index in [9.17, 15) is 9.18 Å². The lowest BCUT2D eigenvalue weighted by molar-refractivity contribution is -0.141. The summed E-state index contributed by atoms with van der Waals surface area (Å²) in [6, 6.07) is 6.36. The molecule has 0 fully saturated rings. The molecule has 0 saturated carbocycles. The van der Waals surface area contributed by atoms with Gasteiger partial charge in [-0.2, -0.15) is 0 Å². The Morgan fingerprint density at radius 3 is 2.71 bits per heavy atom. The first kappa shape index (κ1) is 15.8. The highest BCUT2D eigenvalue weighted by molar-refractivity contribution is 8.02. The highest BCUT2D eigenvalue weighted by atomic mass is 32.2. The molecule has 0 spiro atoms. The van der Waals surface area contributed by atoms with Gasteiger partial charge in [0, 0.05) is 16.4 Å². The van der Waals surface area contributed by atoms with Crippen LogP contribution in [0.2, 0.25) is 0 Å². The number of tetrazole rings is 1. The van der Waals surface area contributed by atoms with Crippen LogP contribution in [0.5, 0.6) is 0 Å². The summed E-state index contributed by atoms with van der Waals surface area (Å²) in [5.41, 5.74) is 0. The van der Waals surface area contributed by atoms with Gasteiger partial charge in [-0.3, -0.25) is 4.79 Å². The van der Waals surface area contributed by atoms with Crippen LogP contribution in [-0.2, 0) is 16.1 Å². The number of methoxy groups -OCH3 is 1. The first-order chi connectivity index (χ1) is 10.2. The average Bonchev–Trinajstić information content (AvgIpc) is 2.92. The van der Waals surface area contributed by atoms with Gasteiger partial charge in [0.1, 0.15) is 12.4 Å². The van der Waals surface area contributed by atoms with E-state index in [0.717, 1.165) is 16.4 Å². The molecule has 6 nitrogen and oxygen atoms in total. The van der Waals surface area contributed by atoms with Crippen LogP contribution in [0.15, 0.2) is 34.3 Å². The minimum atomic E-state index is -0.398. The second kappa shape index (κ2) is 7.99. The molecule has 0 unspecified atom stereocenters. The molecule has 0 saturated heterocycles. The Kier molecular flexibility index (Phi) is 6.00. The summed E-state index contributed by atoms with van der Waals surface area (Å²) in [6.45, 7) is -0.00304. The van der Waals surface area contributed by atoms with E-state index in [1.165, 1.54) is 35.7 Å². The van der Waals surface area contributed by atoms with Gasteiger partial charge >= 0.3 is 5.97 Å². The van der Waals surface area contributed by atoms with E-state index in [0.29, 0.717) is 5.16 Å². The first-order valence-electron chi connectivity index (χ1n) is 6.03. The van der Waals surface area contributed by atoms with Gasteiger partial charge < -0.3 is 4.74 Å². The number of carbonyl (C=O) groups is 1. The number of esters is 1. The monoisotopic (exact) mass is 328 g/mol. The van der Waals surface area contributed by atoms with Crippen molar-refractivity contribution in [1.29, 1.82) is 0 Å². The third kappa shape index (κ3) is 5.01. The maximum absolute atomic E-state index is 12.8. The van der Waals surface area contributed by atoms with Crippen molar-refractivity contribution >= 4 is 29.5 Å². The Bertz CT molecular complexity index is 591. The number of rotatable bonds is 7. The Hall–Kier alpha value is -1.61. The number of aromatic nitrogens is 4. The molecule has 2 rings (SSSR count). The zero-order valence-corrected chi connectivity index (χ0v) is 12.9. The molecule has 1 heterocycles. The lowest BCUT2D eigenvalue weighted by Crippen LogP contribution is -2.13. The van der Waals surface area contributed by atoms with Gasteiger partial charge in [0.15, 0.2) is 0 Å². The number of ether oxygens (including phenoxy) is 1. The highest BCUT2D eigenvalue weighted by Gasteiger charge is 2.10. The molecule has 0 radical (unpaired) electrons. The van der Waals surface area contributed by atoms with E-state index in [-0.39, 0.29) is 12.4 Å². The molecule has 0 atom stereocenters. The van der Waals surface area contributed by atoms with Gasteiger partial charge in [0.05, 0.1) is 7.11 Å². The Morgan fingerprint density at radius 2 is 2.00 bits per heavy atom. The average molecular weight is 328 g/mol. The van der Waals surface area contributed by atoms with Gasteiger partial charge in [-0.25, -0.2) is 9.07 Å². The van der Waals surface area contributed by atoms with Gasteiger partial charge in [0.2, 0.25) is 5.16 Å². The summed E-state index contributed by atoms with van der Waals surface area (Å²) >= 11 is 3.07. The molecule has 2 aromatic rings. The number of hydrogen-bond donors (Lipinski definition) is 0. The Morgan fingerprint density at radius 1 is 1.29 bits per heavy atom. The first-order valence-corrected chi connectivity index (χ1v) is 8.00. The van der Waals surface area contributed by atoms with E-state index < -0.39 is 5.97 Å². The summed E-state index contributed by atoms with van der Waals surface area (Å²) in [6.07, 6.45) is 0.